The van der Waals surface area contributed by atoms with Crippen LogP contribution in [0.15, 0.2) is 41.3 Å². The fraction of sp³-hybridized carbons (Fsp3) is 0.381. The summed E-state index contributed by atoms with van der Waals surface area (Å²) < 4.78 is 59.7. The predicted octanol–water partition coefficient (Wildman–Crippen LogP) is 1.71. The van der Waals surface area contributed by atoms with Crippen LogP contribution in [-0.2, 0) is 22.1 Å². The molecule has 1 N–H and O–H groups in total. The Morgan fingerprint density at radius 3 is 2.54 bits per heavy atom. The summed E-state index contributed by atoms with van der Waals surface area (Å²) in [6, 6.07) is 9.61. The molecule has 1 fully saturated rings. The Morgan fingerprint density at radius 1 is 1.09 bits per heavy atom. The first-order chi connectivity index (χ1) is 16.7. The van der Waals surface area contributed by atoms with E-state index in [0.29, 0.717) is 57.6 Å². The number of rotatable bonds is 7. The molecule has 9 nitrogen and oxygen atoms in total. The van der Waals surface area contributed by atoms with E-state index in [1.165, 1.54) is 12.1 Å². The van der Waals surface area contributed by atoms with Crippen molar-refractivity contribution in [3.63, 3.8) is 0 Å². The van der Waals surface area contributed by atoms with Gasteiger partial charge < -0.3 is 0 Å². The number of H-pyrrole nitrogens is 1. The van der Waals surface area contributed by atoms with Gasteiger partial charge in [-0.3, -0.25) is 4.21 Å². The predicted molar refractivity (Wildman–Crippen MR) is 122 cm³/mol. The third-order valence-corrected chi connectivity index (χ3v) is 8.52. The Bertz CT molecular complexity index is 1220. The molecule has 0 radical (unpaired) electrons. The molecule has 1 saturated heterocycles. The van der Waals surface area contributed by atoms with Crippen LogP contribution in [0, 0.1) is 0 Å². The van der Waals surface area contributed by atoms with Gasteiger partial charge in [0.25, 0.3) is 0 Å². The van der Waals surface area contributed by atoms with E-state index >= 15 is 0 Å². The third kappa shape index (κ3) is 7.13. The zero-order valence-corrected chi connectivity index (χ0v) is 23.8. The van der Waals surface area contributed by atoms with Gasteiger partial charge in [0.2, 0.25) is 0 Å². The Balaban J connectivity index is 1.19. The van der Waals surface area contributed by atoms with Gasteiger partial charge in [0.15, 0.2) is 0 Å². The van der Waals surface area contributed by atoms with Crippen molar-refractivity contribution in [2.24, 2.45) is 0 Å². The fourth-order valence-electron chi connectivity index (χ4n) is 3.59. The first kappa shape index (κ1) is 25.8. The normalized spacial score (nSPS) is 15.8. The molecule has 184 valence electrons. The van der Waals surface area contributed by atoms with Crippen molar-refractivity contribution < 1.29 is 31.6 Å². The number of amides is 1. The summed E-state index contributed by atoms with van der Waals surface area (Å²) in [6.07, 6.45) is -5.21. The second kappa shape index (κ2) is 11.2. The van der Waals surface area contributed by atoms with Crippen molar-refractivity contribution in [2.45, 2.75) is 17.9 Å². The van der Waals surface area contributed by atoms with Crippen LogP contribution in [0.2, 0.25) is 0 Å². The third-order valence-electron chi connectivity index (χ3n) is 5.44. The summed E-state index contributed by atoms with van der Waals surface area (Å²) in [6.45, 7) is 2.81. The number of hydrogen-bond acceptors (Lipinski definition) is 7. The standard InChI is InChI=1S/C21H21F3N5O4S.Tl/c22-21(23,24)33-16-3-1-15(2-4-16)14-32-20(30)29-9-7-28(8-10-29)11-12-34(31)17-5-6-18-19(13-17)26-27-25-18;/h1-3,5-6,13H,7-12,14H2,(H,25,26,27);. The average Bonchev–Trinajstić information content (AvgIpc) is 3.30. The average molecular weight is 701 g/mol. The quantitative estimate of drug-likeness (QED) is 0.375. The van der Waals surface area contributed by atoms with Crippen LogP contribution < -0.4 is 7.86 Å². The van der Waals surface area contributed by atoms with Crippen LogP contribution in [-0.4, -0.2) is 106 Å². The van der Waals surface area contributed by atoms with Crippen molar-refractivity contribution in [2.75, 3.05) is 38.5 Å². The van der Waals surface area contributed by atoms with Gasteiger partial charge in [-0.1, -0.05) is 0 Å². The van der Waals surface area contributed by atoms with Crippen LogP contribution in [0.1, 0.15) is 5.56 Å². The van der Waals surface area contributed by atoms with E-state index in [4.69, 9.17) is 4.74 Å². The Kier molecular flexibility index (Phi) is 8.26. The SMILES string of the molecule is O=C(OCc1ccc(OC(F)(F)F)[c]([Tl])c1)N1CCN(CCS(=O)c2ccc3n[nH]nc3c2)CC1. The number of halogens is 3. The minimum atomic E-state index is -4.74. The number of hydrogen-bond donors (Lipinski definition) is 1. The fourth-order valence-corrected chi connectivity index (χ4v) is 6.15. The van der Waals surface area contributed by atoms with Gasteiger partial charge in [-0.15, -0.1) is 0 Å². The van der Waals surface area contributed by atoms with E-state index in [-0.39, 0.29) is 38.1 Å². The molecule has 1 unspecified atom stereocenters. The van der Waals surface area contributed by atoms with Crippen LogP contribution in [0.4, 0.5) is 18.0 Å². The minimum absolute atomic E-state index is 0.0279. The molecule has 14 heteroatoms. The summed E-state index contributed by atoms with van der Waals surface area (Å²) in [5.41, 5.74) is 2.00. The van der Waals surface area contributed by atoms with Gasteiger partial charge >= 0.3 is 153 Å². The van der Waals surface area contributed by atoms with E-state index in [9.17, 15) is 22.2 Å². The molecule has 35 heavy (non-hydrogen) atoms. The molecular weight excluding hydrogens is 680 g/mol. The molecule has 3 aromatic rings. The number of nitrogens with zero attached hydrogens (tertiary/aromatic N) is 4. The number of aromatic amines is 1. The number of nitrogens with one attached hydrogen (secondary N) is 1. The van der Waals surface area contributed by atoms with E-state index in [1.807, 2.05) is 0 Å². The van der Waals surface area contributed by atoms with Crippen LogP contribution in [0.5, 0.6) is 5.75 Å². The molecule has 0 spiro atoms. The number of aromatic nitrogens is 3. The Labute approximate surface area is 217 Å². The van der Waals surface area contributed by atoms with Crippen molar-refractivity contribution in [1.29, 1.82) is 0 Å². The zero-order valence-electron chi connectivity index (χ0n) is 18.5. The van der Waals surface area contributed by atoms with Crippen LogP contribution in [0.25, 0.3) is 11.0 Å². The number of benzene rings is 2. The molecule has 0 bridgehead atoms. The Morgan fingerprint density at radius 2 is 1.83 bits per heavy atom. The molecular formula is C21H21F3N5O4STl. The van der Waals surface area contributed by atoms with Gasteiger partial charge in [-0.05, 0) is 18.2 Å². The van der Waals surface area contributed by atoms with Gasteiger partial charge in [0.1, 0.15) is 11.0 Å². The molecule has 4 rings (SSSR count). The van der Waals surface area contributed by atoms with Gasteiger partial charge in [0.05, 0.1) is 10.8 Å². The van der Waals surface area contributed by atoms with E-state index in [2.05, 4.69) is 25.0 Å². The monoisotopic (exact) mass is 701 g/mol. The molecule has 2 heterocycles. The summed E-state index contributed by atoms with van der Waals surface area (Å²) in [5.74, 6) is 0.249. The molecule has 1 aromatic heterocycles. The van der Waals surface area contributed by atoms with Gasteiger partial charge in [-0.25, -0.2) is 0 Å². The van der Waals surface area contributed by atoms with Crippen LogP contribution >= 0.6 is 0 Å². The number of ether oxygens (including phenoxy) is 2. The second-order valence-corrected chi connectivity index (χ2v) is 11.8. The molecule has 2 aromatic carbocycles. The number of fused-ring (bicyclic) bond motifs is 1. The summed E-state index contributed by atoms with van der Waals surface area (Å²) in [4.78, 5) is 16.8. The summed E-state index contributed by atoms with van der Waals surface area (Å²) >= 11 is 0.126. The molecule has 1 aliphatic heterocycles. The zero-order chi connectivity index (χ0) is 25.0. The maximum atomic E-state index is 12.6. The number of piperazine rings is 1. The number of alkyl halides is 3. The molecule has 0 aliphatic carbocycles. The molecule has 1 atom stereocenters. The maximum absolute atomic E-state index is 12.6. The van der Waals surface area contributed by atoms with Gasteiger partial charge in [-0.2, -0.15) is 15.4 Å². The molecule has 1 amide bonds. The second-order valence-electron chi connectivity index (χ2n) is 7.83. The van der Waals surface area contributed by atoms with Gasteiger partial charge in [0, 0.05) is 4.90 Å². The van der Waals surface area contributed by atoms with Crippen LogP contribution in [0.3, 0.4) is 0 Å². The van der Waals surface area contributed by atoms with Crippen molar-refractivity contribution in [3.8, 4) is 5.75 Å². The van der Waals surface area contributed by atoms with Crippen molar-refractivity contribution >= 4 is 56.8 Å². The molecule has 1 aliphatic rings. The van der Waals surface area contributed by atoms with E-state index in [0.717, 1.165) is 5.52 Å². The van der Waals surface area contributed by atoms with E-state index < -0.39 is 23.3 Å². The van der Waals surface area contributed by atoms with E-state index in [1.54, 1.807) is 29.2 Å². The topological polar surface area (TPSA) is 101 Å². The molecule has 0 saturated carbocycles. The summed E-state index contributed by atoms with van der Waals surface area (Å²) in [5, 5.41) is 10.5. The Hall–Kier alpha value is -2.27. The van der Waals surface area contributed by atoms with Crippen molar-refractivity contribution in [3.05, 3.63) is 42.0 Å². The number of carbonyl (C=O) groups is 1. The van der Waals surface area contributed by atoms with Crippen molar-refractivity contribution in [1.82, 2.24) is 25.2 Å². The number of carbonyl (C=O) groups excluding carboxylic acids is 1. The first-order valence-corrected chi connectivity index (χ1v) is 14.2. The first-order valence-electron chi connectivity index (χ1n) is 10.6. The summed E-state index contributed by atoms with van der Waals surface area (Å²) in [7, 11) is -1.17.